The molecule has 0 N–H and O–H groups in total. The third-order valence-corrected chi connectivity index (χ3v) is 4.08. The first-order valence-corrected chi connectivity index (χ1v) is 6.15. The summed E-state index contributed by atoms with van der Waals surface area (Å²) in [4.78, 5) is 11.9. The van der Waals surface area contributed by atoms with Crippen LogP contribution in [0, 0.1) is 6.92 Å². The van der Waals surface area contributed by atoms with Crippen molar-refractivity contribution in [1.82, 2.24) is 0 Å². The fraction of sp³-hybridized carbons (Fsp3) is 0.312. The van der Waals surface area contributed by atoms with E-state index in [1.54, 1.807) is 6.92 Å². The van der Waals surface area contributed by atoms with Crippen LogP contribution in [0.25, 0.3) is 10.8 Å². The molecule has 1 heteroatoms. The predicted molar refractivity (Wildman–Crippen MR) is 70.3 cm³/mol. The molecule has 2 aromatic carbocycles. The summed E-state index contributed by atoms with van der Waals surface area (Å²) in [6.45, 7) is 3.85. The van der Waals surface area contributed by atoms with E-state index in [-0.39, 0.29) is 5.41 Å². The average Bonchev–Trinajstić information content (AvgIpc) is 3.11. The summed E-state index contributed by atoms with van der Waals surface area (Å²) < 4.78 is 0. The van der Waals surface area contributed by atoms with Crippen LogP contribution in [0.2, 0.25) is 0 Å². The van der Waals surface area contributed by atoms with E-state index in [0.717, 1.165) is 12.8 Å². The molecule has 0 radical (unpaired) electrons. The van der Waals surface area contributed by atoms with Crippen LogP contribution < -0.4 is 0 Å². The highest BCUT2D eigenvalue weighted by Gasteiger charge is 2.49. The van der Waals surface area contributed by atoms with Gasteiger partial charge in [0.05, 0.1) is 5.41 Å². The lowest BCUT2D eigenvalue weighted by Crippen LogP contribution is -2.17. The fourth-order valence-corrected chi connectivity index (χ4v) is 2.80. The zero-order valence-corrected chi connectivity index (χ0v) is 10.3. The largest absolute Gasteiger partial charge is 0.299 e. The number of aryl methyl sites for hydroxylation is 1. The zero-order chi connectivity index (χ0) is 12.0. The third kappa shape index (κ3) is 1.42. The number of ketones is 1. The molecule has 0 saturated heterocycles. The first-order chi connectivity index (χ1) is 8.15. The molecule has 0 aromatic heterocycles. The summed E-state index contributed by atoms with van der Waals surface area (Å²) in [5.74, 6) is 0.312. The van der Waals surface area contributed by atoms with Crippen molar-refractivity contribution in [3.05, 3.63) is 47.5 Å². The van der Waals surface area contributed by atoms with E-state index < -0.39 is 0 Å². The van der Waals surface area contributed by atoms with Crippen molar-refractivity contribution in [2.24, 2.45) is 0 Å². The van der Waals surface area contributed by atoms with Crippen LogP contribution in [-0.2, 0) is 10.2 Å². The number of carbonyl (C=O) groups is 1. The second-order valence-electron chi connectivity index (χ2n) is 5.11. The molecular weight excluding hydrogens is 208 g/mol. The summed E-state index contributed by atoms with van der Waals surface area (Å²) in [5.41, 5.74) is 2.34. The van der Waals surface area contributed by atoms with Gasteiger partial charge in [-0.3, -0.25) is 4.79 Å². The molecular formula is C16H16O. The summed E-state index contributed by atoms with van der Waals surface area (Å²) in [6, 6.07) is 12.7. The van der Waals surface area contributed by atoms with Crippen molar-refractivity contribution < 1.29 is 4.79 Å². The van der Waals surface area contributed by atoms with E-state index in [2.05, 4.69) is 43.3 Å². The van der Waals surface area contributed by atoms with Crippen LogP contribution in [0.1, 0.15) is 30.9 Å². The van der Waals surface area contributed by atoms with Crippen LogP contribution in [-0.4, -0.2) is 5.78 Å². The van der Waals surface area contributed by atoms with Gasteiger partial charge in [-0.05, 0) is 48.6 Å². The maximum Gasteiger partial charge on any atom is 0.140 e. The first-order valence-electron chi connectivity index (χ1n) is 6.15. The van der Waals surface area contributed by atoms with Gasteiger partial charge in [0.15, 0.2) is 0 Å². The molecule has 17 heavy (non-hydrogen) atoms. The molecule has 1 aliphatic rings. The number of carbonyl (C=O) groups excluding carboxylic acids is 1. The predicted octanol–water partition coefficient (Wildman–Crippen LogP) is 3.77. The molecule has 1 nitrogen and oxygen atoms in total. The van der Waals surface area contributed by atoms with Crippen molar-refractivity contribution >= 4 is 16.6 Å². The van der Waals surface area contributed by atoms with E-state index in [1.807, 2.05) is 0 Å². The highest BCUT2D eigenvalue weighted by molar-refractivity contribution is 5.98. The second-order valence-corrected chi connectivity index (χ2v) is 5.11. The number of fused-ring (bicyclic) bond motifs is 1. The van der Waals surface area contributed by atoms with Gasteiger partial charge in [0.1, 0.15) is 5.78 Å². The number of benzene rings is 2. The lowest BCUT2D eigenvalue weighted by molar-refractivity contribution is -0.119. The molecule has 0 bridgehead atoms. The SMILES string of the molecule is CC(=O)C1(c2ccc(C)c3ccccc23)CC1. The standard InChI is InChI=1S/C16H16O/c1-11-7-8-15(16(9-10-16)12(2)17)14-6-4-3-5-13(11)14/h3-8H,9-10H2,1-2H3. The minimum Gasteiger partial charge on any atom is -0.299 e. The Kier molecular flexibility index (Phi) is 2.12. The highest BCUT2D eigenvalue weighted by atomic mass is 16.1. The maximum atomic E-state index is 11.9. The smallest absolute Gasteiger partial charge is 0.140 e. The molecule has 0 heterocycles. The number of Topliss-reactive ketones (excluding diaryl/α,β-unsaturated/α-hetero) is 1. The molecule has 0 amide bonds. The number of hydrogen-bond donors (Lipinski definition) is 0. The molecule has 1 saturated carbocycles. The van der Waals surface area contributed by atoms with E-state index in [1.165, 1.54) is 21.9 Å². The van der Waals surface area contributed by atoms with Gasteiger partial charge in [-0.1, -0.05) is 36.4 Å². The molecule has 0 aliphatic heterocycles. The Morgan fingerprint density at radius 3 is 2.29 bits per heavy atom. The second kappa shape index (κ2) is 3.43. The summed E-state index contributed by atoms with van der Waals surface area (Å²) >= 11 is 0. The van der Waals surface area contributed by atoms with Crippen LogP contribution in [0.4, 0.5) is 0 Å². The summed E-state index contributed by atoms with van der Waals surface area (Å²) in [5, 5.41) is 2.53. The Labute approximate surface area is 101 Å². The average molecular weight is 224 g/mol. The fourth-order valence-electron chi connectivity index (χ4n) is 2.80. The van der Waals surface area contributed by atoms with Crippen molar-refractivity contribution in [3.63, 3.8) is 0 Å². The van der Waals surface area contributed by atoms with E-state index in [0.29, 0.717) is 5.78 Å². The number of hydrogen-bond acceptors (Lipinski definition) is 1. The minimum absolute atomic E-state index is 0.173. The molecule has 0 unspecified atom stereocenters. The van der Waals surface area contributed by atoms with Crippen LogP contribution >= 0.6 is 0 Å². The molecule has 0 atom stereocenters. The van der Waals surface area contributed by atoms with Crippen molar-refractivity contribution in [3.8, 4) is 0 Å². The van der Waals surface area contributed by atoms with Gasteiger partial charge in [0, 0.05) is 0 Å². The Morgan fingerprint density at radius 2 is 1.71 bits per heavy atom. The van der Waals surface area contributed by atoms with Gasteiger partial charge in [-0.2, -0.15) is 0 Å². The Balaban J connectivity index is 2.32. The van der Waals surface area contributed by atoms with Gasteiger partial charge in [0.25, 0.3) is 0 Å². The van der Waals surface area contributed by atoms with Gasteiger partial charge >= 0.3 is 0 Å². The Hall–Kier alpha value is -1.63. The van der Waals surface area contributed by atoms with Gasteiger partial charge in [-0.15, -0.1) is 0 Å². The topological polar surface area (TPSA) is 17.1 Å². The van der Waals surface area contributed by atoms with E-state index in [9.17, 15) is 4.79 Å². The minimum atomic E-state index is -0.173. The van der Waals surface area contributed by atoms with Gasteiger partial charge in [0.2, 0.25) is 0 Å². The van der Waals surface area contributed by atoms with E-state index in [4.69, 9.17) is 0 Å². The van der Waals surface area contributed by atoms with Crippen molar-refractivity contribution in [1.29, 1.82) is 0 Å². The zero-order valence-electron chi connectivity index (χ0n) is 10.3. The Morgan fingerprint density at radius 1 is 1.06 bits per heavy atom. The summed E-state index contributed by atoms with van der Waals surface area (Å²) in [6.07, 6.45) is 2.02. The van der Waals surface area contributed by atoms with Crippen molar-refractivity contribution in [2.75, 3.05) is 0 Å². The van der Waals surface area contributed by atoms with Crippen LogP contribution in [0.5, 0.6) is 0 Å². The van der Waals surface area contributed by atoms with Gasteiger partial charge in [-0.25, -0.2) is 0 Å². The molecule has 1 aliphatic carbocycles. The molecule has 2 aromatic rings. The maximum absolute atomic E-state index is 11.9. The van der Waals surface area contributed by atoms with Gasteiger partial charge < -0.3 is 0 Å². The van der Waals surface area contributed by atoms with Crippen molar-refractivity contribution in [2.45, 2.75) is 32.1 Å². The van der Waals surface area contributed by atoms with E-state index >= 15 is 0 Å². The lowest BCUT2D eigenvalue weighted by Gasteiger charge is -2.16. The Bertz CT molecular complexity index is 606. The normalized spacial score (nSPS) is 17.1. The molecule has 3 rings (SSSR count). The highest BCUT2D eigenvalue weighted by Crippen LogP contribution is 2.51. The van der Waals surface area contributed by atoms with Crippen LogP contribution in [0.15, 0.2) is 36.4 Å². The number of rotatable bonds is 2. The first kappa shape index (κ1) is 10.5. The molecule has 86 valence electrons. The molecule has 1 fully saturated rings. The molecule has 0 spiro atoms. The summed E-state index contributed by atoms with van der Waals surface area (Å²) in [7, 11) is 0. The van der Waals surface area contributed by atoms with Crippen LogP contribution in [0.3, 0.4) is 0 Å². The quantitative estimate of drug-likeness (QED) is 0.759. The third-order valence-electron chi connectivity index (χ3n) is 4.08. The lowest BCUT2D eigenvalue weighted by atomic mass is 9.87. The monoisotopic (exact) mass is 224 g/mol.